The van der Waals surface area contributed by atoms with Crippen molar-refractivity contribution in [2.75, 3.05) is 18.5 Å². The highest BCUT2D eigenvalue weighted by Crippen LogP contribution is 2.31. The van der Waals surface area contributed by atoms with Crippen LogP contribution in [0.15, 0.2) is 64.5 Å². The van der Waals surface area contributed by atoms with Crippen molar-refractivity contribution >= 4 is 37.5 Å². The molecule has 6 nitrogen and oxygen atoms in total. The van der Waals surface area contributed by atoms with Crippen molar-refractivity contribution in [2.45, 2.75) is 31.1 Å². The summed E-state index contributed by atoms with van der Waals surface area (Å²) >= 11 is 3.48. The average molecular weight is 481 g/mol. The Morgan fingerprint density at radius 2 is 1.83 bits per heavy atom. The van der Waals surface area contributed by atoms with Crippen LogP contribution in [0.4, 0.5) is 5.69 Å². The van der Waals surface area contributed by atoms with E-state index in [9.17, 15) is 13.2 Å². The summed E-state index contributed by atoms with van der Waals surface area (Å²) in [4.78, 5) is 12.3. The molecule has 0 bridgehead atoms. The van der Waals surface area contributed by atoms with Crippen molar-refractivity contribution in [3.8, 4) is 5.75 Å². The topological polar surface area (TPSA) is 84.5 Å². The summed E-state index contributed by atoms with van der Waals surface area (Å²) < 4.78 is 32.8. The Morgan fingerprint density at radius 3 is 2.38 bits per heavy atom. The van der Waals surface area contributed by atoms with Crippen LogP contribution in [0.1, 0.15) is 26.3 Å². The van der Waals surface area contributed by atoms with Crippen LogP contribution in [0.5, 0.6) is 5.75 Å². The number of carbonyl (C=O) groups excluding carboxylic acids is 1. The Labute approximate surface area is 180 Å². The van der Waals surface area contributed by atoms with Crippen LogP contribution in [0, 0.1) is 0 Å². The van der Waals surface area contributed by atoms with Gasteiger partial charge < -0.3 is 10.1 Å². The summed E-state index contributed by atoms with van der Waals surface area (Å²) in [7, 11) is -3.60. The van der Waals surface area contributed by atoms with Gasteiger partial charge in [-0.1, -0.05) is 32.9 Å². The largest absolute Gasteiger partial charge is 0.483 e. The zero-order chi connectivity index (χ0) is 21.7. The lowest BCUT2D eigenvalue weighted by Crippen LogP contribution is -2.23. The normalized spacial score (nSPS) is 11.7. The van der Waals surface area contributed by atoms with Gasteiger partial charge in [0.15, 0.2) is 6.61 Å². The van der Waals surface area contributed by atoms with E-state index in [1.807, 2.05) is 18.2 Å². The predicted octanol–water partition coefficient (Wildman–Crippen LogP) is 4.23. The van der Waals surface area contributed by atoms with Gasteiger partial charge in [0.2, 0.25) is 10.0 Å². The highest BCUT2D eigenvalue weighted by Gasteiger charge is 2.16. The number of hydrogen-bond acceptors (Lipinski definition) is 4. The van der Waals surface area contributed by atoms with Crippen LogP contribution in [0.2, 0.25) is 0 Å². The number of rotatable bonds is 8. The van der Waals surface area contributed by atoms with Crippen LogP contribution in [-0.2, 0) is 20.2 Å². The van der Waals surface area contributed by atoms with E-state index in [0.717, 1.165) is 10.0 Å². The first-order chi connectivity index (χ1) is 13.5. The second-order valence-electron chi connectivity index (χ2n) is 7.40. The van der Waals surface area contributed by atoms with Crippen LogP contribution in [0.25, 0.3) is 0 Å². The van der Waals surface area contributed by atoms with E-state index in [1.54, 1.807) is 0 Å². The first-order valence-corrected chi connectivity index (χ1v) is 11.2. The standard InChI is InChI=1S/C21H25BrN2O4S/c1-5-12-23-29(26,27)17-9-7-16(8-10-17)24-20(25)14-28-19-11-6-15(13-18(19)22)21(2,3)4/h5-11,13,23H,1,12,14H2,2-4H3,(H,24,25). The molecule has 0 unspecified atom stereocenters. The zero-order valence-corrected chi connectivity index (χ0v) is 19.1. The molecule has 0 aliphatic carbocycles. The average Bonchev–Trinajstić information content (AvgIpc) is 2.65. The van der Waals surface area contributed by atoms with Gasteiger partial charge in [-0.15, -0.1) is 6.58 Å². The van der Waals surface area contributed by atoms with E-state index in [2.05, 4.69) is 53.3 Å². The smallest absolute Gasteiger partial charge is 0.262 e. The SMILES string of the molecule is C=CCNS(=O)(=O)c1ccc(NC(=O)COc2ccc(C(C)(C)C)cc2Br)cc1. The zero-order valence-electron chi connectivity index (χ0n) is 16.7. The molecule has 0 fully saturated rings. The van der Waals surface area contributed by atoms with Crippen LogP contribution in [-0.4, -0.2) is 27.5 Å². The molecule has 2 aromatic rings. The second-order valence-corrected chi connectivity index (χ2v) is 10.0. The minimum Gasteiger partial charge on any atom is -0.483 e. The van der Waals surface area contributed by atoms with Crippen LogP contribution in [0.3, 0.4) is 0 Å². The highest BCUT2D eigenvalue weighted by atomic mass is 79.9. The van der Waals surface area contributed by atoms with Crippen molar-refractivity contribution < 1.29 is 17.9 Å². The van der Waals surface area contributed by atoms with Crippen molar-refractivity contribution in [1.82, 2.24) is 4.72 Å². The van der Waals surface area contributed by atoms with Gasteiger partial charge in [-0.05, 0) is 63.3 Å². The Bertz CT molecular complexity index is 981. The molecule has 0 aliphatic heterocycles. The molecule has 2 aromatic carbocycles. The van der Waals surface area contributed by atoms with Gasteiger partial charge in [0, 0.05) is 12.2 Å². The van der Waals surface area contributed by atoms with E-state index < -0.39 is 10.0 Å². The summed E-state index contributed by atoms with van der Waals surface area (Å²) in [6.45, 7) is 9.81. The molecule has 29 heavy (non-hydrogen) atoms. The number of benzene rings is 2. The van der Waals surface area contributed by atoms with E-state index in [4.69, 9.17) is 4.74 Å². The second kappa shape index (κ2) is 9.56. The van der Waals surface area contributed by atoms with Crippen LogP contribution < -0.4 is 14.8 Å². The third-order valence-corrected chi connectivity index (χ3v) is 6.08. The molecule has 0 saturated carbocycles. The molecular weight excluding hydrogens is 456 g/mol. The summed E-state index contributed by atoms with van der Waals surface area (Å²) in [5, 5.41) is 2.68. The number of hydrogen-bond donors (Lipinski definition) is 2. The molecule has 2 rings (SSSR count). The van der Waals surface area contributed by atoms with Crippen LogP contribution >= 0.6 is 15.9 Å². The van der Waals surface area contributed by atoms with Gasteiger partial charge in [0.25, 0.3) is 5.91 Å². The Morgan fingerprint density at radius 1 is 1.17 bits per heavy atom. The first-order valence-electron chi connectivity index (χ1n) is 8.96. The number of nitrogens with one attached hydrogen (secondary N) is 2. The fourth-order valence-corrected chi connectivity index (χ4v) is 3.89. The summed E-state index contributed by atoms with van der Waals surface area (Å²) in [6, 6.07) is 11.7. The molecule has 0 aromatic heterocycles. The van der Waals surface area contributed by atoms with Gasteiger partial charge in [-0.3, -0.25) is 4.79 Å². The maximum Gasteiger partial charge on any atom is 0.262 e. The number of sulfonamides is 1. The van der Waals surface area contributed by atoms with Gasteiger partial charge in [-0.2, -0.15) is 0 Å². The van der Waals surface area contributed by atoms with E-state index in [0.29, 0.717) is 11.4 Å². The first kappa shape index (κ1) is 23.1. The van der Waals surface area contributed by atoms with Gasteiger partial charge in [0.1, 0.15) is 5.75 Å². The van der Waals surface area contributed by atoms with Gasteiger partial charge in [0.05, 0.1) is 9.37 Å². The Balaban J connectivity index is 1.95. The Kier molecular flexibility index (Phi) is 7.62. The predicted molar refractivity (Wildman–Crippen MR) is 119 cm³/mol. The molecular formula is C21H25BrN2O4S. The van der Waals surface area contributed by atoms with E-state index >= 15 is 0 Å². The monoisotopic (exact) mass is 480 g/mol. The fourth-order valence-electron chi connectivity index (χ4n) is 2.39. The number of amides is 1. The lowest BCUT2D eigenvalue weighted by molar-refractivity contribution is -0.118. The minimum atomic E-state index is -3.60. The number of ether oxygens (including phenoxy) is 1. The molecule has 0 spiro atoms. The minimum absolute atomic E-state index is 0.0132. The molecule has 0 aliphatic rings. The molecule has 0 atom stereocenters. The van der Waals surface area contributed by atoms with E-state index in [-0.39, 0.29) is 29.4 Å². The summed E-state index contributed by atoms with van der Waals surface area (Å²) in [6.07, 6.45) is 1.46. The Hall–Kier alpha value is -2.16. The lowest BCUT2D eigenvalue weighted by Gasteiger charge is -2.20. The van der Waals surface area contributed by atoms with Crippen molar-refractivity contribution in [2.24, 2.45) is 0 Å². The molecule has 0 saturated heterocycles. The number of carbonyl (C=O) groups is 1. The number of anilines is 1. The van der Waals surface area contributed by atoms with Crippen molar-refractivity contribution in [3.63, 3.8) is 0 Å². The fraction of sp³-hybridized carbons (Fsp3) is 0.286. The third-order valence-electron chi connectivity index (χ3n) is 4.02. The molecule has 0 radical (unpaired) electrons. The summed E-state index contributed by atoms with van der Waals surface area (Å²) in [5.74, 6) is 0.222. The molecule has 2 N–H and O–H groups in total. The maximum atomic E-state index is 12.2. The molecule has 8 heteroatoms. The van der Waals surface area contributed by atoms with Gasteiger partial charge in [-0.25, -0.2) is 13.1 Å². The van der Waals surface area contributed by atoms with Gasteiger partial charge >= 0.3 is 0 Å². The lowest BCUT2D eigenvalue weighted by atomic mass is 9.87. The molecule has 1 amide bonds. The third kappa shape index (κ3) is 6.69. The molecule has 156 valence electrons. The summed E-state index contributed by atoms with van der Waals surface area (Å²) in [5.41, 5.74) is 1.64. The highest BCUT2D eigenvalue weighted by molar-refractivity contribution is 9.10. The number of halogens is 1. The molecule has 0 heterocycles. The van der Waals surface area contributed by atoms with Crippen molar-refractivity contribution in [1.29, 1.82) is 0 Å². The quantitative estimate of drug-likeness (QED) is 0.553. The van der Waals surface area contributed by atoms with E-state index in [1.165, 1.54) is 30.3 Å². The maximum absolute atomic E-state index is 12.2. The van der Waals surface area contributed by atoms with Crippen molar-refractivity contribution in [3.05, 3.63) is 65.2 Å².